The van der Waals surface area contributed by atoms with Gasteiger partial charge in [0.05, 0.1) is 30.9 Å². The van der Waals surface area contributed by atoms with Gasteiger partial charge in [-0.2, -0.15) is 0 Å². The Balaban J connectivity index is 1.64. The smallest absolute Gasteiger partial charge is 0.341 e. The van der Waals surface area contributed by atoms with E-state index in [2.05, 4.69) is 36.7 Å². The zero-order chi connectivity index (χ0) is 24.9. The van der Waals surface area contributed by atoms with Gasteiger partial charge in [0.25, 0.3) is 0 Å². The minimum absolute atomic E-state index is 0.0182. The van der Waals surface area contributed by atoms with Crippen molar-refractivity contribution >= 4 is 22.4 Å². The molecule has 4 heterocycles. The average molecular weight is 496 g/mol. The number of aromatic carboxylic acids is 1. The van der Waals surface area contributed by atoms with Gasteiger partial charge in [-0.05, 0) is 29.5 Å². The van der Waals surface area contributed by atoms with Gasteiger partial charge in [0.2, 0.25) is 0 Å². The Morgan fingerprint density at radius 1 is 1.20 bits per heavy atom. The lowest BCUT2D eigenvalue weighted by atomic mass is 9.78. The highest BCUT2D eigenvalue weighted by atomic mass is 32.1. The molecule has 1 atom stereocenters. The van der Waals surface area contributed by atoms with Crippen LogP contribution in [0.5, 0.6) is 5.75 Å². The Morgan fingerprint density at radius 3 is 2.60 bits per heavy atom. The van der Waals surface area contributed by atoms with E-state index in [0.29, 0.717) is 31.1 Å². The number of fused-ring (bicyclic) bond motifs is 3. The lowest BCUT2D eigenvalue weighted by Gasteiger charge is -2.39. The summed E-state index contributed by atoms with van der Waals surface area (Å²) in [7, 11) is 1.64. The van der Waals surface area contributed by atoms with E-state index >= 15 is 0 Å². The van der Waals surface area contributed by atoms with Crippen LogP contribution in [0.4, 0.5) is 5.13 Å². The summed E-state index contributed by atoms with van der Waals surface area (Å²) < 4.78 is 13.2. The summed E-state index contributed by atoms with van der Waals surface area (Å²) >= 11 is 1.63. The SMILES string of the molecule is COc1cc2c(cc1-c1cnc(N3CCOCC3)s1)CC(C(C)(C)C)n1cc(C(=O)O)c(=O)cc1-2. The van der Waals surface area contributed by atoms with Crippen LogP contribution in [0.3, 0.4) is 0 Å². The van der Waals surface area contributed by atoms with E-state index in [-0.39, 0.29) is 17.0 Å². The van der Waals surface area contributed by atoms with Crippen molar-refractivity contribution in [1.82, 2.24) is 9.55 Å². The van der Waals surface area contributed by atoms with Crippen LogP contribution in [0, 0.1) is 5.41 Å². The largest absolute Gasteiger partial charge is 0.496 e. The van der Waals surface area contributed by atoms with E-state index in [1.807, 2.05) is 16.8 Å². The van der Waals surface area contributed by atoms with Gasteiger partial charge in [0.15, 0.2) is 10.6 Å². The van der Waals surface area contributed by atoms with Crippen molar-refractivity contribution in [1.29, 1.82) is 0 Å². The van der Waals surface area contributed by atoms with Crippen molar-refractivity contribution in [2.45, 2.75) is 33.2 Å². The monoisotopic (exact) mass is 495 g/mol. The van der Waals surface area contributed by atoms with Crippen LogP contribution in [0.2, 0.25) is 0 Å². The van der Waals surface area contributed by atoms with Crippen LogP contribution >= 0.6 is 11.3 Å². The molecule has 1 N–H and O–H groups in total. The van der Waals surface area contributed by atoms with Crippen LogP contribution in [-0.4, -0.2) is 54.0 Å². The summed E-state index contributed by atoms with van der Waals surface area (Å²) in [4.78, 5) is 32.2. The van der Waals surface area contributed by atoms with Crippen molar-refractivity contribution in [2.75, 3.05) is 38.3 Å². The molecule has 1 aromatic carbocycles. The first kappa shape index (κ1) is 23.6. The number of rotatable bonds is 4. The predicted molar refractivity (Wildman–Crippen MR) is 136 cm³/mol. The third-order valence-electron chi connectivity index (χ3n) is 6.80. The molecule has 0 spiro atoms. The molecule has 2 aromatic heterocycles. The van der Waals surface area contributed by atoms with Crippen LogP contribution in [-0.2, 0) is 11.2 Å². The highest BCUT2D eigenvalue weighted by Crippen LogP contribution is 2.47. The van der Waals surface area contributed by atoms with Gasteiger partial charge < -0.3 is 24.0 Å². The van der Waals surface area contributed by atoms with E-state index in [9.17, 15) is 14.7 Å². The molecule has 35 heavy (non-hydrogen) atoms. The van der Waals surface area contributed by atoms with E-state index in [0.717, 1.165) is 39.8 Å². The van der Waals surface area contributed by atoms with Gasteiger partial charge in [0, 0.05) is 48.7 Å². The molecule has 0 radical (unpaired) electrons. The number of pyridine rings is 1. The maximum atomic E-state index is 12.6. The molecule has 3 aromatic rings. The summed E-state index contributed by atoms with van der Waals surface area (Å²) in [6.45, 7) is 9.45. The third kappa shape index (κ3) is 4.23. The molecule has 9 heteroatoms. The topological polar surface area (TPSA) is 93.9 Å². The Kier molecular flexibility index (Phi) is 5.93. The molecule has 1 fully saturated rings. The number of aromatic nitrogens is 2. The molecule has 0 saturated carbocycles. The summed E-state index contributed by atoms with van der Waals surface area (Å²) in [5.74, 6) is -0.519. The summed E-state index contributed by atoms with van der Waals surface area (Å²) in [6.07, 6.45) is 4.10. The fourth-order valence-corrected chi connectivity index (χ4v) is 5.89. The van der Waals surface area contributed by atoms with Crippen molar-refractivity contribution < 1.29 is 19.4 Å². The number of hydrogen-bond acceptors (Lipinski definition) is 7. The molecule has 2 aliphatic heterocycles. The Hall–Kier alpha value is -3.17. The zero-order valence-corrected chi connectivity index (χ0v) is 21.1. The van der Waals surface area contributed by atoms with Gasteiger partial charge in [-0.15, -0.1) is 0 Å². The minimum Gasteiger partial charge on any atom is -0.496 e. The summed E-state index contributed by atoms with van der Waals surface area (Å²) in [5, 5.41) is 10.5. The molecule has 2 aliphatic rings. The molecule has 0 bridgehead atoms. The van der Waals surface area contributed by atoms with Crippen molar-refractivity contribution in [3.63, 3.8) is 0 Å². The number of benzene rings is 1. The standard InChI is InChI=1S/C26H29N3O5S/c1-26(2,3)23-10-15-9-17(22-13-27-25(35-22)28-5-7-34-8-6-28)21(33-4)11-16(15)19-12-20(30)18(24(31)32)14-29(19)23/h9,11-14,23H,5-8,10H2,1-4H3,(H,31,32). The Bertz CT molecular complexity index is 1350. The number of thiazole rings is 1. The highest BCUT2D eigenvalue weighted by Gasteiger charge is 2.34. The predicted octanol–water partition coefficient (Wildman–Crippen LogP) is 4.33. The number of carboxylic acid groups (broad SMARTS) is 1. The number of morpholine rings is 1. The van der Waals surface area contributed by atoms with Crippen LogP contribution in [0.25, 0.3) is 21.7 Å². The molecule has 184 valence electrons. The second-order valence-electron chi connectivity index (χ2n) is 10.1. The van der Waals surface area contributed by atoms with Crippen molar-refractivity contribution in [3.8, 4) is 27.4 Å². The first-order valence-electron chi connectivity index (χ1n) is 11.7. The molecule has 5 rings (SSSR count). The molecule has 8 nitrogen and oxygen atoms in total. The van der Waals surface area contributed by atoms with E-state index in [1.54, 1.807) is 18.4 Å². The number of anilines is 1. The van der Waals surface area contributed by atoms with Crippen LogP contribution < -0.4 is 15.1 Å². The third-order valence-corrected chi connectivity index (χ3v) is 7.89. The summed E-state index contributed by atoms with van der Waals surface area (Å²) in [5.41, 5.74) is 2.80. The number of carbonyl (C=O) groups is 1. The van der Waals surface area contributed by atoms with Gasteiger partial charge in [-0.1, -0.05) is 32.1 Å². The van der Waals surface area contributed by atoms with Crippen molar-refractivity contribution in [2.24, 2.45) is 5.41 Å². The molecular formula is C26H29N3O5S. The van der Waals surface area contributed by atoms with Gasteiger partial charge in [-0.25, -0.2) is 9.78 Å². The molecule has 0 aliphatic carbocycles. The number of methoxy groups -OCH3 is 1. The Morgan fingerprint density at radius 2 is 1.94 bits per heavy atom. The van der Waals surface area contributed by atoms with Gasteiger partial charge >= 0.3 is 5.97 Å². The zero-order valence-electron chi connectivity index (χ0n) is 20.3. The van der Waals surface area contributed by atoms with E-state index in [4.69, 9.17) is 9.47 Å². The minimum atomic E-state index is -1.21. The number of hydrogen-bond donors (Lipinski definition) is 1. The number of ether oxygens (including phenoxy) is 2. The second kappa shape index (κ2) is 8.80. The van der Waals surface area contributed by atoms with E-state index in [1.165, 1.54) is 12.3 Å². The number of nitrogens with zero attached hydrogens (tertiary/aromatic N) is 3. The molecular weight excluding hydrogens is 466 g/mol. The van der Waals surface area contributed by atoms with Crippen LogP contribution in [0.1, 0.15) is 42.7 Å². The van der Waals surface area contributed by atoms with Crippen LogP contribution in [0.15, 0.2) is 35.4 Å². The van der Waals surface area contributed by atoms with Crippen molar-refractivity contribution in [3.05, 3.63) is 51.9 Å². The lowest BCUT2D eigenvalue weighted by molar-refractivity contribution is 0.0693. The molecule has 1 unspecified atom stereocenters. The Labute approximate surface area is 207 Å². The van der Waals surface area contributed by atoms with E-state index < -0.39 is 11.4 Å². The number of carboxylic acids is 1. The fraction of sp³-hybridized carbons (Fsp3) is 0.423. The molecule has 0 amide bonds. The fourth-order valence-electron chi connectivity index (χ4n) is 4.90. The molecule has 1 saturated heterocycles. The van der Waals surface area contributed by atoms with Gasteiger partial charge in [-0.3, -0.25) is 4.79 Å². The first-order valence-corrected chi connectivity index (χ1v) is 12.5. The average Bonchev–Trinajstić information content (AvgIpc) is 3.32. The highest BCUT2D eigenvalue weighted by molar-refractivity contribution is 7.19. The maximum Gasteiger partial charge on any atom is 0.341 e. The normalized spacial score (nSPS) is 17.6. The van der Waals surface area contributed by atoms with Gasteiger partial charge in [0.1, 0.15) is 11.3 Å². The maximum absolute atomic E-state index is 12.6. The summed E-state index contributed by atoms with van der Waals surface area (Å²) in [6, 6.07) is 5.53. The first-order chi connectivity index (χ1) is 16.7. The quantitative estimate of drug-likeness (QED) is 0.576. The second-order valence-corrected chi connectivity index (χ2v) is 11.1. The lowest BCUT2D eigenvalue weighted by Crippen LogP contribution is -2.36.